The molecule has 0 aromatic carbocycles. The number of hydrogen-bond donors (Lipinski definition) is 1. The van der Waals surface area contributed by atoms with Crippen LogP contribution in [0.5, 0.6) is 0 Å². The zero-order valence-corrected chi connectivity index (χ0v) is 15.3. The van der Waals surface area contributed by atoms with Crippen LogP contribution in [0, 0.1) is 0 Å². The van der Waals surface area contributed by atoms with E-state index in [0.717, 1.165) is 16.3 Å². The van der Waals surface area contributed by atoms with Crippen molar-refractivity contribution in [3.63, 3.8) is 0 Å². The molecule has 3 heterocycles. The molecule has 0 fully saturated rings. The Morgan fingerprint density at radius 3 is 2.92 bits per heavy atom. The Balaban J connectivity index is 1.75. The molecule has 3 aromatic heterocycles. The first-order valence-corrected chi connectivity index (χ1v) is 9.01. The highest BCUT2D eigenvalue weighted by Crippen LogP contribution is 2.20. The van der Waals surface area contributed by atoms with Gasteiger partial charge in [-0.25, -0.2) is 14.5 Å². The predicted molar refractivity (Wildman–Crippen MR) is 95.8 cm³/mol. The van der Waals surface area contributed by atoms with Gasteiger partial charge >= 0.3 is 0 Å². The Morgan fingerprint density at radius 1 is 1.44 bits per heavy atom. The zero-order chi connectivity index (χ0) is 18.0. The van der Waals surface area contributed by atoms with E-state index < -0.39 is 0 Å². The molecule has 0 aliphatic carbocycles. The van der Waals surface area contributed by atoms with Crippen molar-refractivity contribution < 1.29 is 9.90 Å². The van der Waals surface area contributed by atoms with Gasteiger partial charge in [0, 0.05) is 43.4 Å². The lowest BCUT2D eigenvalue weighted by atomic mass is 10.2. The van der Waals surface area contributed by atoms with E-state index in [0.29, 0.717) is 30.2 Å². The summed E-state index contributed by atoms with van der Waals surface area (Å²) >= 11 is 1.62. The molecule has 25 heavy (non-hydrogen) atoms. The summed E-state index contributed by atoms with van der Waals surface area (Å²) in [6, 6.07) is 1.67. The molecule has 0 saturated carbocycles. The van der Waals surface area contributed by atoms with Crippen LogP contribution in [0.1, 0.15) is 46.5 Å². The van der Waals surface area contributed by atoms with Gasteiger partial charge in [-0.3, -0.25) is 4.79 Å². The molecule has 0 aliphatic heterocycles. The molecule has 0 unspecified atom stereocenters. The molecule has 0 spiro atoms. The number of nitrogens with zero attached hydrogens (tertiary/aromatic N) is 5. The van der Waals surface area contributed by atoms with Crippen LogP contribution in [-0.4, -0.2) is 49.2 Å². The molecule has 132 valence electrons. The van der Waals surface area contributed by atoms with Crippen LogP contribution in [0.25, 0.3) is 5.65 Å². The van der Waals surface area contributed by atoms with Crippen LogP contribution < -0.4 is 0 Å². The average molecular weight is 359 g/mol. The number of fused-ring (bicyclic) bond motifs is 1. The summed E-state index contributed by atoms with van der Waals surface area (Å²) in [5, 5.41) is 16.4. The highest BCUT2D eigenvalue weighted by molar-refractivity contribution is 7.09. The predicted octanol–water partition coefficient (Wildman–Crippen LogP) is 2.12. The van der Waals surface area contributed by atoms with E-state index in [2.05, 4.69) is 28.9 Å². The molecule has 0 saturated heterocycles. The molecule has 0 atom stereocenters. The van der Waals surface area contributed by atoms with Gasteiger partial charge in [0.15, 0.2) is 11.3 Å². The quantitative estimate of drug-likeness (QED) is 0.729. The fraction of sp³-hybridized carbons (Fsp3) is 0.412. The van der Waals surface area contributed by atoms with Crippen LogP contribution >= 0.6 is 11.3 Å². The van der Waals surface area contributed by atoms with Crippen molar-refractivity contribution in [2.24, 2.45) is 0 Å². The van der Waals surface area contributed by atoms with E-state index in [9.17, 15) is 4.79 Å². The third-order valence-corrected chi connectivity index (χ3v) is 4.99. The molecule has 3 rings (SSSR count). The summed E-state index contributed by atoms with van der Waals surface area (Å²) in [5.74, 6) is 0.214. The Labute approximate surface area is 150 Å². The second-order valence-corrected chi connectivity index (χ2v) is 7.15. The van der Waals surface area contributed by atoms with E-state index in [4.69, 9.17) is 5.11 Å². The normalized spacial score (nSPS) is 11.4. The van der Waals surface area contributed by atoms with Crippen molar-refractivity contribution in [1.82, 2.24) is 24.5 Å². The van der Waals surface area contributed by atoms with E-state index >= 15 is 0 Å². The van der Waals surface area contributed by atoms with Gasteiger partial charge in [-0.15, -0.1) is 11.3 Å². The van der Waals surface area contributed by atoms with Gasteiger partial charge < -0.3 is 10.0 Å². The number of rotatable bonds is 6. The molecule has 7 nitrogen and oxygen atoms in total. The minimum Gasteiger partial charge on any atom is -0.396 e. The number of hydrogen-bond acceptors (Lipinski definition) is 6. The molecular formula is C17H21N5O2S. The highest BCUT2D eigenvalue weighted by atomic mass is 32.1. The van der Waals surface area contributed by atoms with Crippen molar-refractivity contribution in [2.75, 3.05) is 13.7 Å². The summed E-state index contributed by atoms with van der Waals surface area (Å²) in [6.07, 6.45) is 3.98. The molecule has 1 amide bonds. The van der Waals surface area contributed by atoms with Gasteiger partial charge in [0.1, 0.15) is 0 Å². The smallest absolute Gasteiger partial charge is 0.274 e. The van der Waals surface area contributed by atoms with E-state index in [-0.39, 0.29) is 12.5 Å². The van der Waals surface area contributed by atoms with Gasteiger partial charge in [-0.05, 0) is 12.0 Å². The number of carbonyl (C=O) groups is 1. The molecule has 0 aliphatic rings. The second kappa shape index (κ2) is 7.28. The van der Waals surface area contributed by atoms with Crippen molar-refractivity contribution in [2.45, 2.75) is 32.7 Å². The Kier molecular flexibility index (Phi) is 5.10. The van der Waals surface area contributed by atoms with Crippen LogP contribution in [0.2, 0.25) is 0 Å². The molecule has 0 radical (unpaired) electrons. The number of thiazole rings is 1. The second-order valence-electron chi connectivity index (χ2n) is 6.26. The fourth-order valence-electron chi connectivity index (χ4n) is 2.45. The van der Waals surface area contributed by atoms with Crippen molar-refractivity contribution >= 4 is 22.9 Å². The largest absolute Gasteiger partial charge is 0.396 e. The third kappa shape index (κ3) is 3.85. The SMILES string of the molecule is CC(C)c1nc(CN(C)C(=O)c2cc3ncc(CCO)cn3n2)cs1. The molecule has 8 heteroatoms. The average Bonchev–Trinajstić information content (AvgIpc) is 3.20. The maximum absolute atomic E-state index is 12.6. The van der Waals surface area contributed by atoms with Crippen molar-refractivity contribution in [1.29, 1.82) is 0 Å². The van der Waals surface area contributed by atoms with Crippen LogP contribution in [0.4, 0.5) is 0 Å². The lowest BCUT2D eigenvalue weighted by molar-refractivity contribution is 0.0777. The minimum atomic E-state index is -0.173. The molecule has 0 bridgehead atoms. The first kappa shape index (κ1) is 17.5. The summed E-state index contributed by atoms with van der Waals surface area (Å²) in [5.41, 5.74) is 2.70. The zero-order valence-electron chi connectivity index (χ0n) is 14.5. The summed E-state index contributed by atoms with van der Waals surface area (Å²) in [4.78, 5) is 23.1. The number of aliphatic hydroxyl groups excluding tert-OH is 1. The third-order valence-electron chi connectivity index (χ3n) is 3.80. The van der Waals surface area contributed by atoms with Gasteiger partial charge in [0.2, 0.25) is 0 Å². The number of carbonyl (C=O) groups excluding carboxylic acids is 1. The fourth-order valence-corrected chi connectivity index (χ4v) is 3.28. The molecule has 1 N–H and O–H groups in total. The van der Waals surface area contributed by atoms with Crippen molar-refractivity contribution in [3.8, 4) is 0 Å². The highest BCUT2D eigenvalue weighted by Gasteiger charge is 2.18. The van der Waals surface area contributed by atoms with E-state index in [1.54, 1.807) is 46.3 Å². The van der Waals surface area contributed by atoms with Crippen molar-refractivity contribution in [3.05, 3.63) is 45.8 Å². The minimum absolute atomic E-state index is 0.0506. The molecule has 3 aromatic rings. The topological polar surface area (TPSA) is 83.6 Å². The van der Waals surface area contributed by atoms with Gasteiger partial charge in [0.25, 0.3) is 5.91 Å². The number of aromatic nitrogens is 4. The maximum atomic E-state index is 12.6. The Bertz CT molecular complexity index is 886. The summed E-state index contributed by atoms with van der Waals surface area (Å²) in [6.45, 7) is 4.70. The van der Waals surface area contributed by atoms with Crippen LogP contribution in [0.15, 0.2) is 23.8 Å². The van der Waals surface area contributed by atoms with Gasteiger partial charge in [-0.1, -0.05) is 13.8 Å². The van der Waals surface area contributed by atoms with Gasteiger partial charge in [-0.2, -0.15) is 5.10 Å². The lowest BCUT2D eigenvalue weighted by Gasteiger charge is -2.14. The van der Waals surface area contributed by atoms with E-state index in [1.165, 1.54) is 0 Å². The molecular weight excluding hydrogens is 338 g/mol. The standard InChI is InChI=1S/C17H21N5O2S/c1-11(2)16-19-13(10-25-16)9-21(3)17(24)14-6-15-18-7-12(4-5-23)8-22(15)20-14/h6-8,10-11,23H,4-5,9H2,1-3H3. The van der Waals surface area contributed by atoms with Gasteiger partial charge in [0.05, 0.1) is 17.2 Å². The first-order chi connectivity index (χ1) is 12.0. The lowest BCUT2D eigenvalue weighted by Crippen LogP contribution is -2.26. The monoisotopic (exact) mass is 359 g/mol. The first-order valence-electron chi connectivity index (χ1n) is 8.13. The summed E-state index contributed by atoms with van der Waals surface area (Å²) in [7, 11) is 1.74. The Morgan fingerprint density at radius 2 is 2.24 bits per heavy atom. The van der Waals surface area contributed by atoms with E-state index in [1.807, 2.05) is 5.38 Å². The maximum Gasteiger partial charge on any atom is 0.274 e. The van der Waals surface area contributed by atoms with Crippen LogP contribution in [-0.2, 0) is 13.0 Å². The number of aliphatic hydroxyl groups is 1. The summed E-state index contributed by atoms with van der Waals surface area (Å²) < 4.78 is 1.58. The van der Waals surface area contributed by atoms with Crippen LogP contribution in [0.3, 0.4) is 0 Å². The number of amides is 1. The Hall–Kier alpha value is -2.32.